The number of ether oxygens (including phenoxy) is 2. The van der Waals surface area contributed by atoms with E-state index in [9.17, 15) is 26.9 Å². The van der Waals surface area contributed by atoms with Crippen molar-refractivity contribution in [3.8, 4) is 11.5 Å². The SMILES string of the molecule is CN1C(N)=N[C@](C)(c2cccc(OC(F)(F)F)c2)[C@H](c2ccc(OC(F)F)cc2)[N+]1=O. The molecule has 2 atom stereocenters. The molecule has 1 heterocycles. The zero-order chi connectivity index (χ0) is 23.0. The Balaban J connectivity index is 2.08. The zero-order valence-corrected chi connectivity index (χ0v) is 16.3. The third-order valence-electron chi connectivity index (χ3n) is 4.80. The predicted molar refractivity (Wildman–Crippen MR) is 99.3 cm³/mol. The van der Waals surface area contributed by atoms with Crippen molar-refractivity contribution in [1.82, 2.24) is 5.01 Å². The molecular formula is C19H18F5N4O3+. The normalized spacial score (nSPS) is 21.8. The van der Waals surface area contributed by atoms with E-state index < -0.39 is 30.3 Å². The van der Waals surface area contributed by atoms with Gasteiger partial charge in [-0.25, -0.2) is 4.99 Å². The van der Waals surface area contributed by atoms with Gasteiger partial charge in [0.25, 0.3) is 12.0 Å². The van der Waals surface area contributed by atoms with Crippen LogP contribution in [0, 0.1) is 4.91 Å². The number of alkyl halides is 5. The van der Waals surface area contributed by atoms with Crippen LogP contribution >= 0.6 is 0 Å². The van der Waals surface area contributed by atoms with E-state index in [1.54, 1.807) is 0 Å². The lowest BCUT2D eigenvalue weighted by Crippen LogP contribution is -2.53. The minimum absolute atomic E-state index is 0.120. The van der Waals surface area contributed by atoms with Crippen molar-refractivity contribution < 1.29 is 36.3 Å². The van der Waals surface area contributed by atoms with E-state index in [2.05, 4.69) is 14.5 Å². The van der Waals surface area contributed by atoms with Crippen LogP contribution in [0.2, 0.25) is 0 Å². The van der Waals surface area contributed by atoms with E-state index in [0.717, 1.165) is 17.1 Å². The number of nitrogens with zero attached hydrogens (tertiary/aromatic N) is 3. The van der Waals surface area contributed by atoms with Crippen LogP contribution in [-0.2, 0) is 5.54 Å². The Bertz CT molecular complexity index is 997. The van der Waals surface area contributed by atoms with Crippen molar-refractivity contribution in [2.24, 2.45) is 10.7 Å². The number of benzene rings is 2. The van der Waals surface area contributed by atoms with Gasteiger partial charge in [-0.15, -0.1) is 13.2 Å². The fourth-order valence-electron chi connectivity index (χ4n) is 3.37. The van der Waals surface area contributed by atoms with Crippen LogP contribution in [0.5, 0.6) is 11.5 Å². The van der Waals surface area contributed by atoms with Crippen LogP contribution in [0.25, 0.3) is 0 Å². The Morgan fingerprint density at radius 1 is 1.16 bits per heavy atom. The summed E-state index contributed by atoms with van der Waals surface area (Å²) < 4.78 is 71.1. The molecule has 3 rings (SSSR count). The molecule has 0 aliphatic carbocycles. The van der Waals surface area contributed by atoms with Gasteiger partial charge in [-0.05, 0) is 48.9 Å². The molecule has 0 bridgehead atoms. The molecule has 12 heteroatoms. The van der Waals surface area contributed by atoms with E-state index >= 15 is 0 Å². The summed E-state index contributed by atoms with van der Waals surface area (Å²) in [6.07, 6.45) is -4.90. The number of nitrogens with two attached hydrogens (primary N) is 1. The number of guanidine groups is 1. The monoisotopic (exact) mass is 445 g/mol. The molecule has 0 aromatic heterocycles. The quantitative estimate of drug-likeness (QED) is 0.554. The molecule has 0 spiro atoms. The molecule has 0 saturated carbocycles. The van der Waals surface area contributed by atoms with Crippen molar-refractivity contribution in [3.63, 3.8) is 0 Å². The van der Waals surface area contributed by atoms with Crippen LogP contribution in [0.4, 0.5) is 22.0 Å². The second-order valence-corrected chi connectivity index (χ2v) is 6.87. The zero-order valence-electron chi connectivity index (χ0n) is 16.3. The summed E-state index contributed by atoms with van der Waals surface area (Å²) in [7, 11) is 1.37. The minimum Gasteiger partial charge on any atom is -0.435 e. The van der Waals surface area contributed by atoms with Gasteiger partial charge in [-0.3, -0.25) is 0 Å². The lowest BCUT2D eigenvalue weighted by molar-refractivity contribution is -0.726. The molecule has 0 fully saturated rings. The molecule has 0 saturated heterocycles. The summed E-state index contributed by atoms with van der Waals surface area (Å²) in [4.78, 5) is 17.9. The Morgan fingerprint density at radius 2 is 1.81 bits per heavy atom. The summed E-state index contributed by atoms with van der Waals surface area (Å²) in [5.74, 6) is -0.769. The van der Waals surface area contributed by atoms with Gasteiger partial charge in [0.05, 0.1) is 12.0 Å². The van der Waals surface area contributed by atoms with E-state index in [4.69, 9.17) is 5.73 Å². The first-order valence-electron chi connectivity index (χ1n) is 8.87. The number of halogens is 5. The van der Waals surface area contributed by atoms with Crippen LogP contribution in [-0.4, -0.2) is 35.9 Å². The molecule has 0 unspecified atom stereocenters. The summed E-state index contributed by atoms with van der Waals surface area (Å²) >= 11 is 0. The third kappa shape index (κ3) is 4.67. The molecule has 2 aromatic rings. The summed E-state index contributed by atoms with van der Waals surface area (Å²) in [5, 5.41) is 1.03. The Morgan fingerprint density at radius 3 is 2.39 bits per heavy atom. The highest BCUT2D eigenvalue weighted by Crippen LogP contribution is 2.44. The topological polar surface area (TPSA) is 80.2 Å². The molecule has 0 amide bonds. The fourth-order valence-corrected chi connectivity index (χ4v) is 3.37. The molecule has 166 valence electrons. The van der Waals surface area contributed by atoms with Gasteiger partial charge in [0, 0.05) is 5.56 Å². The molecule has 1 aliphatic heterocycles. The van der Waals surface area contributed by atoms with Gasteiger partial charge in [0.1, 0.15) is 16.4 Å². The molecule has 7 nitrogen and oxygen atoms in total. The lowest BCUT2D eigenvalue weighted by atomic mass is 9.81. The Kier molecular flexibility index (Phi) is 5.74. The van der Waals surface area contributed by atoms with Crippen LogP contribution < -0.4 is 15.2 Å². The maximum atomic E-state index is 13.0. The number of hydrazine groups is 1. The molecule has 2 N–H and O–H groups in total. The fraction of sp³-hybridized carbons (Fsp3) is 0.316. The number of nitroso groups, excluding NO2 is 1. The number of aliphatic imine (C=N–C) groups is 1. The van der Waals surface area contributed by atoms with Gasteiger partial charge in [0.2, 0.25) is 0 Å². The molecule has 2 aromatic carbocycles. The smallest absolute Gasteiger partial charge is 0.435 e. The Labute approximate surface area is 173 Å². The first-order valence-corrected chi connectivity index (χ1v) is 8.87. The van der Waals surface area contributed by atoms with Gasteiger partial charge in [0.15, 0.2) is 5.54 Å². The van der Waals surface area contributed by atoms with Crippen molar-refractivity contribution in [2.75, 3.05) is 7.05 Å². The Hall–Kier alpha value is -3.44. The second-order valence-electron chi connectivity index (χ2n) is 6.87. The standard InChI is InChI=1S/C19H18F5N4O3/c1-18(12-4-3-5-14(10-12)31-19(22,23)24)15(28(29)27(2)17(25)26-18)11-6-8-13(9-7-11)30-16(20)21/h3-10,15-16H,1-2H3,(H2,25,26)/q+1/t15-,18+/m0/s1. The molecule has 31 heavy (non-hydrogen) atoms. The van der Waals surface area contributed by atoms with E-state index in [1.165, 1.54) is 50.4 Å². The van der Waals surface area contributed by atoms with E-state index in [1.807, 2.05) is 0 Å². The van der Waals surface area contributed by atoms with E-state index in [-0.39, 0.29) is 17.3 Å². The molecular weight excluding hydrogens is 427 g/mol. The van der Waals surface area contributed by atoms with Crippen LogP contribution in [0.15, 0.2) is 53.5 Å². The van der Waals surface area contributed by atoms with Gasteiger partial charge >= 0.3 is 13.0 Å². The predicted octanol–water partition coefficient (Wildman–Crippen LogP) is 4.10. The van der Waals surface area contributed by atoms with Crippen molar-refractivity contribution in [3.05, 3.63) is 64.6 Å². The summed E-state index contributed by atoms with van der Waals surface area (Å²) in [6.45, 7) is -1.49. The number of hydrogen-bond donors (Lipinski definition) is 1. The van der Waals surface area contributed by atoms with Crippen molar-refractivity contribution >= 4 is 5.96 Å². The maximum Gasteiger partial charge on any atom is 0.573 e. The van der Waals surface area contributed by atoms with E-state index in [0.29, 0.717) is 10.4 Å². The highest BCUT2D eigenvalue weighted by molar-refractivity contribution is 5.77. The van der Waals surface area contributed by atoms with Gasteiger partial charge in [-0.1, -0.05) is 17.1 Å². The van der Waals surface area contributed by atoms with Crippen LogP contribution in [0.1, 0.15) is 24.1 Å². The maximum absolute atomic E-state index is 13.0. The highest BCUT2D eigenvalue weighted by atomic mass is 19.4. The van der Waals surface area contributed by atoms with Crippen molar-refractivity contribution in [2.45, 2.75) is 31.5 Å². The lowest BCUT2D eigenvalue weighted by Gasteiger charge is -2.34. The average molecular weight is 445 g/mol. The first kappa shape index (κ1) is 22.2. The largest absolute Gasteiger partial charge is 0.573 e. The van der Waals surface area contributed by atoms with Gasteiger partial charge < -0.3 is 15.2 Å². The number of hydrogen-bond acceptors (Lipinski definition) is 5. The number of rotatable bonds is 5. The van der Waals surface area contributed by atoms with Gasteiger partial charge in [-0.2, -0.15) is 8.78 Å². The van der Waals surface area contributed by atoms with Crippen molar-refractivity contribution in [1.29, 1.82) is 0 Å². The summed E-state index contributed by atoms with van der Waals surface area (Å²) in [6, 6.07) is 9.25. The minimum atomic E-state index is -4.90. The second kappa shape index (κ2) is 8.00. The van der Waals surface area contributed by atoms with Crippen LogP contribution in [0.3, 0.4) is 0 Å². The summed E-state index contributed by atoms with van der Waals surface area (Å²) in [5.41, 5.74) is 5.00. The molecule has 1 aliphatic rings. The first-order chi connectivity index (χ1) is 14.4. The third-order valence-corrected chi connectivity index (χ3v) is 4.80. The average Bonchev–Trinajstić information content (AvgIpc) is 2.66. The highest BCUT2D eigenvalue weighted by Gasteiger charge is 2.54. The molecule has 0 radical (unpaired) electrons.